The highest BCUT2D eigenvalue weighted by molar-refractivity contribution is 7.12. The van der Waals surface area contributed by atoms with Crippen molar-refractivity contribution in [3.63, 3.8) is 0 Å². The van der Waals surface area contributed by atoms with Crippen molar-refractivity contribution in [2.75, 3.05) is 0 Å². The zero-order chi connectivity index (χ0) is 14.5. The highest BCUT2D eigenvalue weighted by Gasteiger charge is 2.22. The molecule has 1 unspecified atom stereocenters. The number of carbonyl (C=O) groups excluding carboxylic acids is 1. The summed E-state index contributed by atoms with van der Waals surface area (Å²) < 4.78 is 1.32. The molecule has 102 valence electrons. The molecule has 0 saturated heterocycles. The fourth-order valence-electron chi connectivity index (χ4n) is 1.47. The number of nitrogens with zero attached hydrogens (tertiary/aromatic N) is 4. The Kier molecular flexibility index (Phi) is 4.07. The fourth-order valence-corrected chi connectivity index (χ4v) is 2.25. The molecule has 0 saturated carbocycles. The molecule has 0 spiro atoms. The number of aromatic nitrogens is 4. The lowest BCUT2D eigenvalue weighted by molar-refractivity contribution is -0.139. The maximum absolute atomic E-state index is 12.1. The van der Waals surface area contributed by atoms with Crippen LogP contribution in [0.5, 0.6) is 0 Å². The van der Waals surface area contributed by atoms with Gasteiger partial charge in [-0.3, -0.25) is 4.79 Å². The number of carbonyl (C=O) groups is 2. The molecule has 0 aromatic carbocycles. The first-order valence-electron chi connectivity index (χ1n) is 5.41. The van der Waals surface area contributed by atoms with E-state index in [1.165, 1.54) is 11.0 Å². The SMILES string of the molecule is C#CCC(NC(=O)c1sccc1-n1cnnn1)C(=O)O. The third-order valence-electron chi connectivity index (χ3n) is 2.37. The molecule has 2 rings (SSSR count). The molecule has 0 fully saturated rings. The minimum Gasteiger partial charge on any atom is -0.480 e. The minimum atomic E-state index is -1.18. The Morgan fingerprint density at radius 3 is 3.00 bits per heavy atom. The summed E-state index contributed by atoms with van der Waals surface area (Å²) in [5.41, 5.74) is 0.474. The topological polar surface area (TPSA) is 110 Å². The first-order valence-corrected chi connectivity index (χ1v) is 6.29. The summed E-state index contributed by atoms with van der Waals surface area (Å²) in [6.07, 6.45) is 6.33. The van der Waals surface area contributed by atoms with Gasteiger partial charge in [-0.25, -0.2) is 4.79 Å². The van der Waals surface area contributed by atoms with Crippen LogP contribution in [0.1, 0.15) is 16.1 Å². The molecule has 2 aromatic heterocycles. The molecule has 8 nitrogen and oxygen atoms in total. The van der Waals surface area contributed by atoms with Crippen molar-refractivity contribution in [1.82, 2.24) is 25.5 Å². The Bertz CT molecular complexity index is 658. The molecular weight excluding hydrogens is 282 g/mol. The molecule has 20 heavy (non-hydrogen) atoms. The van der Waals surface area contributed by atoms with E-state index in [-0.39, 0.29) is 6.42 Å². The summed E-state index contributed by atoms with van der Waals surface area (Å²) in [5.74, 6) is 0.495. The van der Waals surface area contributed by atoms with Crippen LogP contribution in [0.4, 0.5) is 0 Å². The normalized spacial score (nSPS) is 11.6. The van der Waals surface area contributed by atoms with Crippen LogP contribution in [-0.2, 0) is 4.79 Å². The monoisotopic (exact) mass is 291 g/mol. The van der Waals surface area contributed by atoms with Crippen molar-refractivity contribution in [2.45, 2.75) is 12.5 Å². The highest BCUT2D eigenvalue weighted by Crippen LogP contribution is 2.20. The number of aliphatic carboxylic acids is 1. The Balaban J connectivity index is 2.20. The molecule has 1 amide bonds. The number of carboxylic acids is 1. The Morgan fingerprint density at radius 1 is 1.60 bits per heavy atom. The molecule has 2 aromatic rings. The van der Waals surface area contributed by atoms with E-state index in [1.807, 2.05) is 0 Å². The van der Waals surface area contributed by atoms with Crippen LogP contribution in [0, 0.1) is 12.3 Å². The third-order valence-corrected chi connectivity index (χ3v) is 3.27. The van der Waals surface area contributed by atoms with Crippen LogP contribution in [-0.4, -0.2) is 43.2 Å². The highest BCUT2D eigenvalue weighted by atomic mass is 32.1. The zero-order valence-corrected chi connectivity index (χ0v) is 10.9. The van der Waals surface area contributed by atoms with Crippen LogP contribution < -0.4 is 5.32 Å². The van der Waals surface area contributed by atoms with E-state index >= 15 is 0 Å². The second-order valence-electron chi connectivity index (χ2n) is 3.66. The summed E-state index contributed by atoms with van der Waals surface area (Å²) in [6.45, 7) is 0. The summed E-state index contributed by atoms with van der Waals surface area (Å²) in [6, 6.07) is 0.531. The largest absolute Gasteiger partial charge is 0.480 e. The maximum atomic E-state index is 12.1. The van der Waals surface area contributed by atoms with Gasteiger partial charge in [-0.2, -0.15) is 4.68 Å². The molecule has 0 aliphatic rings. The number of terminal acetylenes is 1. The number of hydrogen-bond acceptors (Lipinski definition) is 6. The predicted molar refractivity (Wildman–Crippen MR) is 69.4 cm³/mol. The summed E-state index contributed by atoms with van der Waals surface area (Å²) in [4.78, 5) is 23.4. The number of thiophene rings is 1. The second kappa shape index (κ2) is 5.94. The molecule has 0 aliphatic carbocycles. The van der Waals surface area contributed by atoms with E-state index < -0.39 is 17.9 Å². The van der Waals surface area contributed by atoms with Gasteiger partial charge in [-0.1, -0.05) is 0 Å². The maximum Gasteiger partial charge on any atom is 0.327 e. The lowest BCUT2D eigenvalue weighted by Crippen LogP contribution is -2.40. The molecule has 2 heterocycles. The van der Waals surface area contributed by atoms with Crippen molar-refractivity contribution in [3.8, 4) is 18.0 Å². The lowest BCUT2D eigenvalue weighted by atomic mass is 10.2. The zero-order valence-electron chi connectivity index (χ0n) is 10.1. The Labute approximate surface area is 117 Å². The van der Waals surface area contributed by atoms with Gasteiger partial charge in [0.2, 0.25) is 0 Å². The van der Waals surface area contributed by atoms with Crippen molar-refractivity contribution in [1.29, 1.82) is 0 Å². The molecule has 0 radical (unpaired) electrons. The van der Waals surface area contributed by atoms with Crippen LogP contribution in [0.15, 0.2) is 17.8 Å². The Hall–Kier alpha value is -2.73. The van der Waals surface area contributed by atoms with Gasteiger partial charge in [-0.05, 0) is 21.9 Å². The second-order valence-corrected chi connectivity index (χ2v) is 4.58. The van der Waals surface area contributed by atoms with E-state index in [1.54, 1.807) is 11.4 Å². The van der Waals surface area contributed by atoms with Gasteiger partial charge >= 0.3 is 5.97 Å². The van der Waals surface area contributed by atoms with Gasteiger partial charge in [0.15, 0.2) is 0 Å². The van der Waals surface area contributed by atoms with Gasteiger partial charge in [-0.15, -0.1) is 28.8 Å². The molecule has 0 aliphatic heterocycles. The van der Waals surface area contributed by atoms with Crippen LogP contribution in [0.25, 0.3) is 5.69 Å². The smallest absolute Gasteiger partial charge is 0.327 e. The van der Waals surface area contributed by atoms with Crippen molar-refractivity contribution in [3.05, 3.63) is 22.7 Å². The van der Waals surface area contributed by atoms with Crippen LogP contribution >= 0.6 is 11.3 Å². The quantitative estimate of drug-likeness (QED) is 0.746. The lowest BCUT2D eigenvalue weighted by Gasteiger charge is -2.11. The van der Waals surface area contributed by atoms with Crippen LogP contribution in [0.2, 0.25) is 0 Å². The number of nitrogens with one attached hydrogen (secondary N) is 1. The van der Waals surface area contributed by atoms with Crippen molar-refractivity contribution >= 4 is 23.2 Å². The first kappa shape index (κ1) is 13.7. The number of tetrazole rings is 1. The van der Waals surface area contributed by atoms with E-state index in [0.29, 0.717) is 10.6 Å². The van der Waals surface area contributed by atoms with Gasteiger partial charge in [0.1, 0.15) is 17.2 Å². The number of hydrogen-bond donors (Lipinski definition) is 2. The average molecular weight is 291 g/mol. The summed E-state index contributed by atoms with van der Waals surface area (Å²) in [7, 11) is 0. The Morgan fingerprint density at radius 2 is 2.40 bits per heavy atom. The van der Waals surface area contributed by atoms with E-state index in [9.17, 15) is 9.59 Å². The summed E-state index contributed by atoms with van der Waals surface area (Å²) >= 11 is 1.15. The fraction of sp³-hybridized carbons (Fsp3) is 0.182. The number of carboxylic acid groups (broad SMARTS) is 1. The van der Waals surface area contributed by atoms with E-state index in [2.05, 4.69) is 26.8 Å². The molecule has 1 atom stereocenters. The molecule has 9 heteroatoms. The molecular formula is C11H9N5O3S. The van der Waals surface area contributed by atoms with E-state index in [0.717, 1.165) is 11.3 Å². The summed E-state index contributed by atoms with van der Waals surface area (Å²) in [5, 5.41) is 23.7. The van der Waals surface area contributed by atoms with Crippen LogP contribution in [0.3, 0.4) is 0 Å². The minimum absolute atomic E-state index is 0.0906. The first-order chi connectivity index (χ1) is 9.63. The van der Waals surface area contributed by atoms with E-state index in [4.69, 9.17) is 11.5 Å². The molecule has 0 bridgehead atoms. The predicted octanol–water partition coefficient (Wildman–Crippen LogP) is -0.0699. The van der Waals surface area contributed by atoms with Gasteiger partial charge < -0.3 is 10.4 Å². The van der Waals surface area contributed by atoms with Gasteiger partial charge in [0, 0.05) is 6.42 Å². The van der Waals surface area contributed by atoms with Crippen molar-refractivity contribution in [2.24, 2.45) is 0 Å². The van der Waals surface area contributed by atoms with Gasteiger partial charge in [0.05, 0.1) is 5.69 Å². The average Bonchev–Trinajstić information content (AvgIpc) is 3.08. The molecule has 2 N–H and O–H groups in total. The van der Waals surface area contributed by atoms with Gasteiger partial charge in [0.25, 0.3) is 5.91 Å². The third kappa shape index (κ3) is 2.81. The van der Waals surface area contributed by atoms with Crippen molar-refractivity contribution < 1.29 is 14.7 Å². The number of amides is 1. The standard InChI is InChI=1S/C11H9N5O3S/c1-2-3-7(11(18)19)13-10(17)9-8(4-5-20-9)16-6-12-14-15-16/h1,4-7H,3H2,(H,13,17)(H,18,19). The number of rotatable bonds is 5.